The first-order valence-corrected chi connectivity index (χ1v) is 8.33. The van der Waals surface area contributed by atoms with Gasteiger partial charge in [0.1, 0.15) is 0 Å². The summed E-state index contributed by atoms with van der Waals surface area (Å²) in [6, 6.07) is 3.34. The standard InChI is InChI=1S/C18H15F6N3O/c19-17(20,21)12-8-13(18(22,23)24)10-14(9-12)26-16(28)27-7-1-2-15(27)11-3-5-25-6-4-11/h3-6,8-10,15H,1-2,7H2,(H,26,28). The molecule has 3 rings (SSSR count). The number of pyridine rings is 1. The molecule has 1 aliphatic rings. The first-order valence-electron chi connectivity index (χ1n) is 8.33. The van der Waals surface area contributed by atoms with Crippen molar-refractivity contribution in [2.24, 2.45) is 0 Å². The topological polar surface area (TPSA) is 45.2 Å². The molecule has 2 aromatic rings. The van der Waals surface area contributed by atoms with Gasteiger partial charge in [0.25, 0.3) is 0 Å². The quantitative estimate of drug-likeness (QED) is 0.674. The fraction of sp³-hybridized carbons (Fsp3) is 0.333. The van der Waals surface area contributed by atoms with Crippen LogP contribution < -0.4 is 5.32 Å². The van der Waals surface area contributed by atoms with Gasteiger partial charge in [-0.25, -0.2) is 4.79 Å². The van der Waals surface area contributed by atoms with Gasteiger partial charge in [-0.15, -0.1) is 0 Å². The number of nitrogens with zero attached hydrogens (tertiary/aromatic N) is 2. The van der Waals surface area contributed by atoms with E-state index in [-0.39, 0.29) is 12.1 Å². The highest BCUT2D eigenvalue weighted by atomic mass is 19.4. The summed E-state index contributed by atoms with van der Waals surface area (Å²) in [6.07, 6.45) is -5.56. The van der Waals surface area contributed by atoms with Gasteiger partial charge in [0.05, 0.1) is 17.2 Å². The number of anilines is 1. The lowest BCUT2D eigenvalue weighted by atomic mass is 10.1. The van der Waals surface area contributed by atoms with E-state index in [9.17, 15) is 31.1 Å². The van der Waals surface area contributed by atoms with Gasteiger partial charge in [0.2, 0.25) is 0 Å². The van der Waals surface area contributed by atoms with Crippen molar-refractivity contribution in [2.45, 2.75) is 31.2 Å². The van der Waals surface area contributed by atoms with Crippen molar-refractivity contribution in [1.29, 1.82) is 0 Å². The second-order valence-corrected chi connectivity index (χ2v) is 6.36. The van der Waals surface area contributed by atoms with Crippen LogP contribution in [0.3, 0.4) is 0 Å². The molecule has 0 radical (unpaired) electrons. The number of aromatic nitrogens is 1. The number of carbonyl (C=O) groups is 1. The van der Waals surface area contributed by atoms with Gasteiger partial charge in [0, 0.05) is 24.6 Å². The lowest BCUT2D eigenvalue weighted by Gasteiger charge is -2.25. The maximum absolute atomic E-state index is 13.0. The number of hydrogen-bond donors (Lipinski definition) is 1. The maximum atomic E-state index is 13.0. The first kappa shape index (κ1) is 20.0. The van der Waals surface area contributed by atoms with E-state index >= 15 is 0 Å². The number of halogens is 6. The molecule has 1 unspecified atom stereocenters. The van der Waals surface area contributed by atoms with Gasteiger partial charge in [0.15, 0.2) is 0 Å². The smallest absolute Gasteiger partial charge is 0.317 e. The van der Waals surface area contributed by atoms with Crippen LogP contribution in [0, 0.1) is 0 Å². The molecular weight excluding hydrogens is 388 g/mol. The molecule has 0 spiro atoms. The highest BCUT2D eigenvalue weighted by Crippen LogP contribution is 2.38. The minimum atomic E-state index is -4.98. The number of carbonyl (C=O) groups excluding carboxylic acids is 1. The van der Waals surface area contributed by atoms with Crippen LogP contribution in [0.25, 0.3) is 0 Å². The molecule has 1 saturated heterocycles. The highest BCUT2D eigenvalue weighted by molar-refractivity contribution is 5.90. The Bertz CT molecular complexity index is 818. The van der Waals surface area contributed by atoms with E-state index < -0.39 is 35.2 Å². The zero-order valence-corrected chi connectivity index (χ0v) is 14.3. The number of amides is 2. The van der Waals surface area contributed by atoms with Crippen molar-refractivity contribution in [1.82, 2.24) is 9.88 Å². The average Bonchev–Trinajstić information content (AvgIpc) is 3.10. The monoisotopic (exact) mass is 403 g/mol. The number of likely N-dealkylation sites (tertiary alicyclic amines) is 1. The molecule has 0 bridgehead atoms. The lowest BCUT2D eigenvalue weighted by Crippen LogP contribution is -2.34. The zero-order chi connectivity index (χ0) is 20.5. The highest BCUT2D eigenvalue weighted by Gasteiger charge is 2.37. The third-order valence-electron chi connectivity index (χ3n) is 4.44. The summed E-state index contributed by atoms with van der Waals surface area (Å²) in [4.78, 5) is 17.8. The Kier molecular flexibility index (Phi) is 5.22. The minimum Gasteiger partial charge on any atom is -0.317 e. The number of nitrogens with one attached hydrogen (secondary N) is 1. The van der Waals surface area contributed by atoms with Gasteiger partial charge in [-0.2, -0.15) is 26.3 Å². The van der Waals surface area contributed by atoms with Gasteiger partial charge < -0.3 is 10.2 Å². The van der Waals surface area contributed by atoms with Crippen molar-refractivity contribution in [3.05, 3.63) is 59.4 Å². The Hall–Kier alpha value is -2.78. The Balaban J connectivity index is 1.87. The molecule has 4 nitrogen and oxygen atoms in total. The molecule has 1 aromatic carbocycles. The largest absolute Gasteiger partial charge is 0.416 e. The van der Waals surface area contributed by atoms with Crippen LogP contribution in [0.15, 0.2) is 42.7 Å². The molecular formula is C18H15F6N3O. The molecule has 0 saturated carbocycles. The summed E-state index contributed by atoms with van der Waals surface area (Å²) in [6.45, 7) is 0.337. The third-order valence-corrected chi connectivity index (χ3v) is 4.44. The summed E-state index contributed by atoms with van der Waals surface area (Å²) in [7, 11) is 0. The maximum Gasteiger partial charge on any atom is 0.416 e. The summed E-state index contributed by atoms with van der Waals surface area (Å²) in [5.74, 6) is 0. The first-order chi connectivity index (χ1) is 13.1. The van der Waals surface area contributed by atoms with E-state index in [1.54, 1.807) is 24.5 Å². The predicted octanol–water partition coefficient (Wildman–Crippen LogP) is 5.49. The molecule has 150 valence electrons. The van der Waals surface area contributed by atoms with Gasteiger partial charge in [-0.3, -0.25) is 4.98 Å². The molecule has 0 aliphatic carbocycles. The van der Waals surface area contributed by atoms with Crippen LogP contribution in [-0.2, 0) is 12.4 Å². The molecule has 1 N–H and O–H groups in total. The van der Waals surface area contributed by atoms with E-state index in [1.807, 2.05) is 0 Å². The number of benzene rings is 1. The van der Waals surface area contributed by atoms with Crippen LogP contribution in [0.4, 0.5) is 36.8 Å². The minimum absolute atomic E-state index is 0.0191. The number of hydrogen-bond acceptors (Lipinski definition) is 2. The fourth-order valence-electron chi connectivity index (χ4n) is 3.16. The number of rotatable bonds is 2. The van der Waals surface area contributed by atoms with Crippen LogP contribution in [0.1, 0.15) is 35.6 Å². The van der Waals surface area contributed by atoms with Gasteiger partial charge in [-0.05, 0) is 48.7 Å². The van der Waals surface area contributed by atoms with Crippen LogP contribution >= 0.6 is 0 Å². The van der Waals surface area contributed by atoms with E-state index in [0.717, 1.165) is 5.56 Å². The van der Waals surface area contributed by atoms with Crippen molar-refractivity contribution in [3.63, 3.8) is 0 Å². The van der Waals surface area contributed by atoms with Gasteiger partial charge in [-0.1, -0.05) is 0 Å². The summed E-state index contributed by atoms with van der Waals surface area (Å²) < 4.78 is 77.8. The molecule has 1 aliphatic heterocycles. The molecule has 1 fully saturated rings. The number of urea groups is 1. The van der Waals surface area contributed by atoms with Crippen LogP contribution in [-0.4, -0.2) is 22.5 Å². The average molecular weight is 403 g/mol. The zero-order valence-electron chi connectivity index (χ0n) is 14.3. The van der Waals surface area contributed by atoms with Crippen molar-refractivity contribution < 1.29 is 31.1 Å². The Labute approximate surface area is 156 Å². The summed E-state index contributed by atoms with van der Waals surface area (Å²) in [5, 5.41) is 2.18. The third kappa shape index (κ3) is 4.37. The Morgan fingerprint density at radius 3 is 2.11 bits per heavy atom. The van der Waals surface area contributed by atoms with E-state index in [1.165, 1.54) is 4.90 Å². The van der Waals surface area contributed by atoms with E-state index in [2.05, 4.69) is 10.3 Å². The van der Waals surface area contributed by atoms with E-state index in [4.69, 9.17) is 0 Å². The second-order valence-electron chi connectivity index (χ2n) is 6.36. The Morgan fingerprint density at radius 2 is 1.57 bits per heavy atom. The lowest BCUT2D eigenvalue weighted by molar-refractivity contribution is -0.143. The van der Waals surface area contributed by atoms with Crippen LogP contribution in [0.5, 0.6) is 0 Å². The summed E-state index contributed by atoms with van der Waals surface area (Å²) >= 11 is 0. The molecule has 2 heterocycles. The normalized spacial score (nSPS) is 17.6. The van der Waals surface area contributed by atoms with Crippen molar-refractivity contribution in [2.75, 3.05) is 11.9 Å². The second kappa shape index (κ2) is 7.33. The predicted molar refractivity (Wildman–Crippen MR) is 88.4 cm³/mol. The van der Waals surface area contributed by atoms with Crippen LogP contribution in [0.2, 0.25) is 0 Å². The Morgan fingerprint density at radius 1 is 1.00 bits per heavy atom. The molecule has 28 heavy (non-hydrogen) atoms. The molecule has 10 heteroatoms. The van der Waals surface area contributed by atoms with Crippen molar-refractivity contribution >= 4 is 11.7 Å². The molecule has 1 aromatic heterocycles. The molecule has 1 atom stereocenters. The molecule has 2 amide bonds. The van der Waals surface area contributed by atoms with Crippen molar-refractivity contribution in [3.8, 4) is 0 Å². The van der Waals surface area contributed by atoms with Gasteiger partial charge >= 0.3 is 18.4 Å². The summed E-state index contributed by atoms with van der Waals surface area (Å²) in [5.41, 5.74) is -2.73. The fourth-order valence-corrected chi connectivity index (χ4v) is 3.16. The number of alkyl halides is 6. The SMILES string of the molecule is O=C(Nc1cc(C(F)(F)F)cc(C(F)(F)F)c1)N1CCCC1c1ccncc1. The van der Waals surface area contributed by atoms with E-state index in [0.29, 0.717) is 31.5 Å².